The molecule has 0 bridgehead atoms. The summed E-state index contributed by atoms with van der Waals surface area (Å²) in [6.07, 6.45) is 1.50. The van der Waals surface area contributed by atoms with Crippen molar-refractivity contribution in [2.45, 2.75) is 6.61 Å². The van der Waals surface area contributed by atoms with Crippen molar-refractivity contribution in [3.8, 4) is 5.75 Å². The van der Waals surface area contributed by atoms with Gasteiger partial charge in [0.25, 0.3) is 5.91 Å². The lowest BCUT2D eigenvalue weighted by atomic mass is 10.1. The van der Waals surface area contributed by atoms with Crippen LogP contribution >= 0.6 is 50.7 Å². The van der Waals surface area contributed by atoms with E-state index in [2.05, 4.69) is 21.2 Å². The number of rotatable bonds is 5. The number of nitrogens with zero attached hydrogens (tertiary/aromatic N) is 1. The minimum absolute atomic E-state index is 0.0886. The fraction of sp³-hybridized carbons (Fsp3) is 0.0435. The number of imide groups is 1. The number of benzene rings is 3. The van der Waals surface area contributed by atoms with Crippen LogP contribution in [-0.2, 0) is 11.4 Å². The van der Waals surface area contributed by atoms with Crippen LogP contribution in [0, 0.1) is 0 Å². The molecule has 5 nitrogen and oxygen atoms in total. The van der Waals surface area contributed by atoms with Crippen molar-refractivity contribution >= 4 is 74.4 Å². The number of hydrogen-bond donors (Lipinski definition) is 1. The highest BCUT2D eigenvalue weighted by Gasteiger charge is 2.35. The van der Waals surface area contributed by atoms with Crippen molar-refractivity contribution in [3.05, 3.63) is 97.0 Å². The number of urea groups is 1. The first-order valence-electron chi connectivity index (χ1n) is 9.31. The maximum atomic E-state index is 12.8. The predicted molar refractivity (Wildman–Crippen MR) is 130 cm³/mol. The van der Waals surface area contributed by atoms with E-state index in [0.29, 0.717) is 22.0 Å². The van der Waals surface area contributed by atoms with E-state index in [1.807, 2.05) is 24.3 Å². The highest BCUT2D eigenvalue weighted by molar-refractivity contribution is 9.10. The lowest BCUT2D eigenvalue weighted by molar-refractivity contribution is -0.113. The van der Waals surface area contributed by atoms with E-state index in [0.717, 1.165) is 14.9 Å². The lowest BCUT2D eigenvalue weighted by Gasteiger charge is -2.12. The van der Waals surface area contributed by atoms with Crippen LogP contribution in [0.4, 0.5) is 10.5 Å². The second-order valence-electron chi connectivity index (χ2n) is 6.84. The molecule has 1 aliphatic rings. The summed E-state index contributed by atoms with van der Waals surface area (Å²) >= 11 is 22.1. The average Bonchev–Trinajstić information content (AvgIpc) is 3.01. The van der Waals surface area contributed by atoms with Crippen LogP contribution in [0.5, 0.6) is 5.75 Å². The molecule has 0 aromatic heterocycles. The third-order valence-electron chi connectivity index (χ3n) is 4.57. The molecule has 0 radical (unpaired) electrons. The highest BCUT2D eigenvalue weighted by atomic mass is 79.9. The first-order valence-corrected chi connectivity index (χ1v) is 11.2. The van der Waals surface area contributed by atoms with E-state index in [4.69, 9.17) is 39.5 Å². The monoisotopic (exact) mass is 550 g/mol. The van der Waals surface area contributed by atoms with Gasteiger partial charge in [0.05, 0.1) is 15.7 Å². The van der Waals surface area contributed by atoms with Crippen molar-refractivity contribution in [2.75, 3.05) is 4.90 Å². The van der Waals surface area contributed by atoms with Crippen molar-refractivity contribution in [1.29, 1.82) is 0 Å². The molecule has 1 aliphatic heterocycles. The third kappa shape index (κ3) is 4.94. The van der Waals surface area contributed by atoms with Crippen LogP contribution in [0.15, 0.2) is 70.8 Å². The van der Waals surface area contributed by atoms with Crippen LogP contribution in [0.3, 0.4) is 0 Å². The topological polar surface area (TPSA) is 58.6 Å². The molecule has 1 saturated heterocycles. The first-order chi connectivity index (χ1) is 15.3. The molecule has 0 atom stereocenters. The molecule has 4 rings (SSSR count). The van der Waals surface area contributed by atoms with Crippen LogP contribution in [-0.4, -0.2) is 11.9 Å². The number of carbonyl (C=O) groups is 2. The van der Waals surface area contributed by atoms with E-state index < -0.39 is 11.9 Å². The molecule has 1 N–H and O–H groups in total. The van der Waals surface area contributed by atoms with Gasteiger partial charge in [0.15, 0.2) is 5.75 Å². The Morgan fingerprint density at radius 1 is 0.969 bits per heavy atom. The van der Waals surface area contributed by atoms with Gasteiger partial charge in [-0.25, -0.2) is 9.69 Å². The largest absolute Gasteiger partial charge is 0.486 e. The molecule has 162 valence electrons. The first kappa shape index (κ1) is 22.7. The molecule has 0 unspecified atom stereocenters. The van der Waals surface area contributed by atoms with Gasteiger partial charge in [-0.15, -0.1) is 0 Å². The fourth-order valence-electron chi connectivity index (χ4n) is 3.09. The minimum atomic E-state index is -0.574. The van der Waals surface area contributed by atoms with E-state index in [1.54, 1.807) is 30.3 Å². The Morgan fingerprint density at radius 2 is 1.66 bits per heavy atom. The number of anilines is 1. The quantitative estimate of drug-likeness (QED) is 0.272. The van der Waals surface area contributed by atoms with E-state index >= 15 is 0 Å². The summed E-state index contributed by atoms with van der Waals surface area (Å²) in [5.74, 6) is -0.180. The summed E-state index contributed by atoms with van der Waals surface area (Å²) in [5.41, 5.74) is 1.95. The van der Waals surface area contributed by atoms with Gasteiger partial charge in [-0.2, -0.15) is 0 Å². The molecule has 1 heterocycles. The number of halogens is 4. The predicted octanol–water partition coefficient (Wildman–Crippen LogP) is 7.09. The van der Waals surface area contributed by atoms with E-state index in [9.17, 15) is 9.59 Å². The summed E-state index contributed by atoms with van der Waals surface area (Å²) in [6.45, 7) is 0.288. The van der Waals surface area contributed by atoms with Gasteiger partial charge in [0.1, 0.15) is 12.3 Å². The zero-order valence-electron chi connectivity index (χ0n) is 16.2. The molecule has 0 spiro atoms. The van der Waals surface area contributed by atoms with Crippen molar-refractivity contribution in [2.24, 2.45) is 0 Å². The SMILES string of the molecule is O=C1N/C(=C/c2cc(Cl)c(OCc3ccc(Br)cc3)c(Cl)c2)C(=O)N1c1cccc(Cl)c1. The maximum absolute atomic E-state index is 12.8. The van der Waals surface area contributed by atoms with E-state index in [-0.39, 0.29) is 22.3 Å². The van der Waals surface area contributed by atoms with Gasteiger partial charge in [0, 0.05) is 9.50 Å². The standard InChI is InChI=1S/C23H14BrCl3N2O3/c24-15-6-4-13(5-7-15)12-32-21-18(26)8-14(9-19(21)27)10-20-22(30)29(23(31)28-20)17-3-1-2-16(25)11-17/h1-11H,12H2,(H,28,31)/b20-10+. The Kier molecular flexibility index (Phi) is 6.76. The van der Waals surface area contributed by atoms with Crippen LogP contribution in [0.1, 0.15) is 11.1 Å². The molecule has 32 heavy (non-hydrogen) atoms. The smallest absolute Gasteiger partial charge is 0.333 e. The zero-order valence-corrected chi connectivity index (χ0v) is 20.1. The van der Waals surface area contributed by atoms with Crippen molar-refractivity contribution in [3.63, 3.8) is 0 Å². The summed E-state index contributed by atoms with van der Waals surface area (Å²) in [5, 5.41) is 3.54. The summed E-state index contributed by atoms with van der Waals surface area (Å²) in [4.78, 5) is 26.2. The number of amides is 3. The second-order valence-corrected chi connectivity index (χ2v) is 9.00. The van der Waals surface area contributed by atoms with Crippen LogP contribution < -0.4 is 15.0 Å². The lowest BCUT2D eigenvalue weighted by Crippen LogP contribution is -2.30. The molecular weight excluding hydrogens is 539 g/mol. The van der Waals surface area contributed by atoms with E-state index in [1.165, 1.54) is 12.1 Å². The Bertz CT molecular complexity index is 1220. The molecular formula is C23H14BrCl3N2O3. The number of hydrogen-bond acceptors (Lipinski definition) is 3. The minimum Gasteiger partial charge on any atom is -0.486 e. The molecule has 0 saturated carbocycles. The summed E-state index contributed by atoms with van der Waals surface area (Å²) in [6, 6.07) is 16.8. The summed E-state index contributed by atoms with van der Waals surface area (Å²) in [7, 11) is 0. The zero-order chi connectivity index (χ0) is 22.8. The Morgan fingerprint density at radius 3 is 2.31 bits per heavy atom. The molecule has 9 heteroatoms. The molecule has 3 aromatic carbocycles. The molecule has 3 aromatic rings. The highest BCUT2D eigenvalue weighted by Crippen LogP contribution is 2.36. The average molecular weight is 553 g/mol. The Hall–Kier alpha value is -2.51. The van der Waals surface area contributed by atoms with Crippen LogP contribution in [0.25, 0.3) is 6.08 Å². The fourth-order valence-corrected chi connectivity index (χ4v) is 4.15. The van der Waals surface area contributed by atoms with Gasteiger partial charge in [-0.1, -0.05) is 68.9 Å². The van der Waals surface area contributed by atoms with Gasteiger partial charge >= 0.3 is 6.03 Å². The second kappa shape index (κ2) is 9.55. The number of carbonyl (C=O) groups excluding carboxylic acids is 2. The van der Waals surface area contributed by atoms with Gasteiger partial charge in [-0.3, -0.25) is 4.79 Å². The maximum Gasteiger partial charge on any atom is 0.333 e. The summed E-state index contributed by atoms with van der Waals surface area (Å²) < 4.78 is 6.76. The van der Waals surface area contributed by atoms with Crippen molar-refractivity contribution < 1.29 is 14.3 Å². The third-order valence-corrected chi connectivity index (χ3v) is 5.90. The molecule has 0 aliphatic carbocycles. The number of nitrogens with one attached hydrogen (secondary N) is 1. The number of ether oxygens (including phenoxy) is 1. The Labute approximate surface area is 207 Å². The molecule has 3 amide bonds. The van der Waals surface area contributed by atoms with Crippen molar-refractivity contribution in [1.82, 2.24) is 5.32 Å². The van der Waals surface area contributed by atoms with Gasteiger partial charge in [-0.05, 0) is 59.7 Å². The molecule has 1 fully saturated rings. The van der Waals surface area contributed by atoms with Crippen LogP contribution in [0.2, 0.25) is 15.1 Å². The Balaban J connectivity index is 1.54. The van der Waals surface area contributed by atoms with Gasteiger partial charge in [0.2, 0.25) is 0 Å². The normalized spacial score (nSPS) is 14.8. The van der Waals surface area contributed by atoms with Gasteiger partial charge < -0.3 is 10.1 Å².